The fourth-order valence-corrected chi connectivity index (χ4v) is 4.38. The number of aliphatic hydroxyl groups excluding tert-OH is 1. The molecule has 0 radical (unpaired) electrons. The molecule has 6 heteroatoms. The number of nitrogens with zero attached hydrogens (tertiary/aromatic N) is 1. The molecule has 2 atom stereocenters. The van der Waals surface area contributed by atoms with E-state index in [1.165, 1.54) is 0 Å². The number of aliphatic hydroxyl groups is 1. The number of hydrogen-bond donors (Lipinski definition) is 2. The van der Waals surface area contributed by atoms with E-state index in [2.05, 4.69) is 19.2 Å². The van der Waals surface area contributed by atoms with Crippen LogP contribution in [0.3, 0.4) is 0 Å². The summed E-state index contributed by atoms with van der Waals surface area (Å²) in [5.41, 5.74) is 3.71. The summed E-state index contributed by atoms with van der Waals surface area (Å²) in [5, 5.41) is 14.6. The summed E-state index contributed by atoms with van der Waals surface area (Å²) in [4.78, 5) is 14.5. The Bertz CT molecular complexity index is 854. The third kappa shape index (κ3) is 4.30. The van der Waals surface area contributed by atoms with E-state index in [1.807, 2.05) is 42.3 Å². The number of carbonyl (C=O) groups excluding carboxylic acids is 1. The minimum absolute atomic E-state index is 0.126. The topological polar surface area (TPSA) is 52.6 Å². The summed E-state index contributed by atoms with van der Waals surface area (Å²) in [6.07, 6.45) is -0.172. The number of benzene rings is 2. The van der Waals surface area contributed by atoms with Crippen molar-refractivity contribution in [1.82, 2.24) is 4.90 Å². The van der Waals surface area contributed by atoms with Gasteiger partial charge < -0.3 is 10.4 Å². The van der Waals surface area contributed by atoms with E-state index in [1.54, 1.807) is 6.07 Å². The van der Waals surface area contributed by atoms with Crippen LogP contribution < -0.4 is 5.32 Å². The second kappa shape index (κ2) is 8.19. The molecule has 0 aliphatic heterocycles. The summed E-state index contributed by atoms with van der Waals surface area (Å²) >= 11 is 12.4. The maximum Gasteiger partial charge on any atom is 0.238 e. The van der Waals surface area contributed by atoms with Crippen molar-refractivity contribution in [3.05, 3.63) is 63.1 Å². The molecule has 1 aliphatic carbocycles. The Morgan fingerprint density at radius 2 is 2.00 bits per heavy atom. The zero-order valence-electron chi connectivity index (χ0n) is 15.7. The van der Waals surface area contributed by atoms with Gasteiger partial charge in [-0.1, -0.05) is 55.2 Å². The first-order valence-electron chi connectivity index (χ1n) is 9.02. The zero-order chi connectivity index (χ0) is 19.7. The van der Waals surface area contributed by atoms with E-state index in [0.29, 0.717) is 22.4 Å². The van der Waals surface area contributed by atoms with Gasteiger partial charge in [0.2, 0.25) is 5.91 Å². The average molecular weight is 407 g/mol. The lowest BCUT2D eigenvalue weighted by Gasteiger charge is -2.27. The van der Waals surface area contributed by atoms with Crippen molar-refractivity contribution < 1.29 is 9.90 Å². The Morgan fingerprint density at radius 3 is 2.70 bits per heavy atom. The van der Waals surface area contributed by atoms with Crippen LogP contribution in [0.4, 0.5) is 5.69 Å². The summed E-state index contributed by atoms with van der Waals surface area (Å²) < 4.78 is 0. The molecule has 3 rings (SSSR count). The zero-order valence-corrected chi connectivity index (χ0v) is 17.2. The number of anilines is 1. The van der Waals surface area contributed by atoms with Gasteiger partial charge in [0, 0.05) is 22.2 Å². The first-order valence-corrected chi connectivity index (χ1v) is 9.78. The van der Waals surface area contributed by atoms with Gasteiger partial charge in [-0.3, -0.25) is 9.69 Å². The number of amides is 1. The molecule has 0 saturated heterocycles. The number of hydrogen-bond acceptors (Lipinski definition) is 3. The molecule has 2 unspecified atom stereocenters. The molecule has 0 aromatic heterocycles. The number of nitrogens with one attached hydrogen (secondary N) is 1. The maximum absolute atomic E-state index is 12.6. The van der Waals surface area contributed by atoms with Gasteiger partial charge in [0.15, 0.2) is 0 Å². The standard InChI is InChI=1S/C21H24Cl2N2O2/c1-12(2)14-6-4-5-7-18(14)24-20(27)11-25(3)21-16-8-13(22)9-17(23)15(16)10-19(21)26/h4-9,12,19,21,26H,10-11H2,1-3H3,(H,24,27). The maximum atomic E-state index is 12.6. The van der Waals surface area contributed by atoms with Crippen LogP contribution in [-0.2, 0) is 11.2 Å². The fourth-order valence-electron chi connectivity index (χ4n) is 3.79. The lowest BCUT2D eigenvalue weighted by molar-refractivity contribution is -0.118. The molecule has 1 amide bonds. The van der Waals surface area contributed by atoms with E-state index >= 15 is 0 Å². The predicted molar refractivity (Wildman–Crippen MR) is 111 cm³/mol. The highest BCUT2D eigenvalue weighted by atomic mass is 35.5. The molecule has 2 N–H and O–H groups in total. The first kappa shape index (κ1) is 20.2. The Hall–Kier alpha value is -1.59. The number of likely N-dealkylation sites (N-methyl/N-ethyl adjacent to an activating group) is 1. The van der Waals surface area contributed by atoms with Crippen LogP contribution >= 0.6 is 23.2 Å². The van der Waals surface area contributed by atoms with E-state index in [0.717, 1.165) is 22.4 Å². The summed E-state index contributed by atoms with van der Waals surface area (Å²) in [6.45, 7) is 4.34. The van der Waals surface area contributed by atoms with Crippen LogP contribution in [0.25, 0.3) is 0 Å². The van der Waals surface area contributed by atoms with Crippen molar-refractivity contribution in [3.8, 4) is 0 Å². The molecule has 0 saturated carbocycles. The van der Waals surface area contributed by atoms with E-state index in [-0.39, 0.29) is 18.5 Å². The van der Waals surface area contributed by atoms with Crippen LogP contribution in [0.2, 0.25) is 10.0 Å². The molecule has 144 valence electrons. The second-order valence-corrected chi connectivity index (χ2v) is 8.22. The van der Waals surface area contributed by atoms with Crippen molar-refractivity contribution in [2.75, 3.05) is 18.9 Å². The van der Waals surface area contributed by atoms with Crippen LogP contribution in [0.15, 0.2) is 36.4 Å². The first-order chi connectivity index (χ1) is 12.8. The number of fused-ring (bicyclic) bond motifs is 1. The highest BCUT2D eigenvalue weighted by Gasteiger charge is 2.36. The largest absolute Gasteiger partial charge is 0.391 e. The van der Waals surface area contributed by atoms with Crippen molar-refractivity contribution in [3.63, 3.8) is 0 Å². The lowest BCUT2D eigenvalue weighted by atomic mass is 10.0. The third-order valence-electron chi connectivity index (χ3n) is 5.02. The summed E-state index contributed by atoms with van der Waals surface area (Å²) in [5.74, 6) is 0.186. The quantitative estimate of drug-likeness (QED) is 0.759. The van der Waals surface area contributed by atoms with Crippen molar-refractivity contribution in [2.45, 2.75) is 38.3 Å². The van der Waals surface area contributed by atoms with Crippen molar-refractivity contribution in [1.29, 1.82) is 0 Å². The smallest absolute Gasteiger partial charge is 0.238 e. The van der Waals surface area contributed by atoms with E-state index in [4.69, 9.17) is 23.2 Å². The Kier molecular flexibility index (Phi) is 6.11. The fraction of sp³-hybridized carbons (Fsp3) is 0.381. The number of para-hydroxylation sites is 1. The number of carbonyl (C=O) groups is 1. The van der Waals surface area contributed by atoms with Crippen molar-refractivity contribution >= 4 is 34.8 Å². The van der Waals surface area contributed by atoms with Gasteiger partial charge >= 0.3 is 0 Å². The minimum Gasteiger partial charge on any atom is -0.391 e. The molecule has 0 spiro atoms. The third-order valence-corrected chi connectivity index (χ3v) is 5.57. The van der Waals surface area contributed by atoms with Crippen LogP contribution in [0.5, 0.6) is 0 Å². The van der Waals surface area contributed by atoms with Gasteiger partial charge in [-0.05, 0) is 47.9 Å². The van der Waals surface area contributed by atoms with Gasteiger partial charge in [-0.2, -0.15) is 0 Å². The molecule has 27 heavy (non-hydrogen) atoms. The summed E-state index contributed by atoms with van der Waals surface area (Å²) in [7, 11) is 1.83. The van der Waals surface area contributed by atoms with Gasteiger partial charge in [-0.25, -0.2) is 0 Å². The molecular weight excluding hydrogens is 383 g/mol. The molecular formula is C21H24Cl2N2O2. The van der Waals surface area contributed by atoms with Crippen LogP contribution in [-0.4, -0.2) is 35.6 Å². The number of halogens is 2. The van der Waals surface area contributed by atoms with Gasteiger partial charge in [0.25, 0.3) is 0 Å². The molecule has 0 fully saturated rings. The molecule has 2 aromatic carbocycles. The average Bonchev–Trinajstić information content (AvgIpc) is 2.91. The van der Waals surface area contributed by atoms with Gasteiger partial charge in [0.05, 0.1) is 18.7 Å². The van der Waals surface area contributed by atoms with Gasteiger partial charge in [-0.15, -0.1) is 0 Å². The van der Waals surface area contributed by atoms with E-state index in [9.17, 15) is 9.90 Å². The highest BCUT2D eigenvalue weighted by Crippen LogP contribution is 2.40. The molecule has 4 nitrogen and oxygen atoms in total. The van der Waals surface area contributed by atoms with Crippen molar-refractivity contribution in [2.24, 2.45) is 0 Å². The monoisotopic (exact) mass is 406 g/mol. The molecule has 0 heterocycles. The normalized spacial score (nSPS) is 18.8. The second-order valence-electron chi connectivity index (χ2n) is 7.38. The highest BCUT2D eigenvalue weighted by molar-refractivity contribution is 6.35. The predicted octanol–water partition coefficient (Wildman–Crippen LogP) is 4.65. The molecule has 0 bridgehead atoms. The number of rotatable bonds is 5. The Labute approximate surface area is 170 Å². The Balaban J connectivity index is 1.75. The minimum atomic E-state index is -0.628. The Morgan fingerprint density at radius 1 is 1.30 bits per heavy atom. The van der Waals surface area contributed by atoms with Gasteiger partial charge in [0.1, 0.15) is 0 Å². The molecule has 2 aromatic rings. The molecule has 1 aliphatic rings. The lowest BCUT2D eigenvalue weighted by Crippen LogP contribution is -2.37. The van der Waals surface area contributed by atoms with Crippen LogP contribution in [0, 0.1) is 0 Å². The van der Waals surface area contributed by atoms with E-state index < -0.39 is 6.10 Å². The van der Waals surface area contributed by atoms with Crippen LogP contribution in [0.1, 0.15) is 42.5 Å². The SMILES string of the molecule is CC(C)c1ccccc1NC(=O)CN(C)C1c2cc(Cl)cc(Cl)c2CC1O. The summed E-state index contributed by atoms with van der Waals surface area (Å²) in [6, 6.07) is 11.0.